The maximum Gasteiger partial charge on any atom is 0.0722 e. The summed E-state index contributed by atoms with van der Waals surface area (Å²) in [5.41, 5.74) is 20.3. The third kappa shape index (κ3) is 4.67. The molecule has 0 saturated carbocycles. The van der Waals surface area contributed by atoms with Gasteiger partial charge in [-0.2, -0.15) is 0 Å². The summed E-state index contributed by atoms with van der Waals surface area (Å²) in [5.74, 6) is 0.156. The minimum Gasteiger partial charge on any atom is -0.0839 e. The summed E-state index contributed by atoms with van der Waals surface area (Å²) in [6, 6.07) is 65.7. The Morgan fingerprint density at radius 3 is 1.90 bits per heavy atom. The van der Waals surface area contributed by atoms with Crippen LogP contribution in [-0.4, -0.2) is 0 Å². The Morgan fingerprint density at radius 1 is 0.471 bits per heavy atom. The van der Waals surface area contributed by atoms with Gasteiger partial charge in [-0.3, -0.25) is 0 Å². The van der Waals surface area contributed by atoms with Gasteiger partial charge in [-0.25, -0.2) is 0 Å². The van der Waals surface area contributed by atoms with E-state index in [1.165, 1.54) is 83.5 Å². The Labute approximate surface area is 301 Å². The molecule has 0 amide bonds. The highest BCUT2D eigenvalue weighted by Gasteiger charge is 2.52. The van der Waals surface area contributed by atoms with Gasteiger partial charge < -0.3 is 0 Å². The van der Waals surface area contributed by atoms with Crippen molar-refractivity contribution < 1.29 is 0 Å². The minimum atomic E-state index is -0.296. The van der Waals surface area contributed by atoms with Gasteiger partial charge in [0.05, 0.1) is 5.41 Å². The lowest BCUT2D eigenvalue weighted by Gasteiger charge is -2.32. The lowest BCUT2D eigenvalue weighted by Crippen LogP contribution is -2.27. The van der Waals surface area contributed by atoms with Gasteiger partial charge in [0.15, 0.2) is 0 Å². The molecule has 0 radical (unpaired) electrons. The van der Waals surface area contributed by atoms with Crippen LogP contribution in [0, 0.1) is 0 Å². The van der Waals surface area contributed by atoms with E-state index in [0.29, 0.717) is 0 Å². The van der Waals surface area contributed by atoms with E-state index in [1.54, 1.807) is 0 Å². The predicted molar refractivity (Wildman–Crippen MR) is 213 cm³/mol. The fourth-order valence-corrected chi connectivity index (χ4v) is 9.44. The van der Waals surface area contributed by atoms with Gasteiger partial charge in [0.2, 0.25) is 0 Å². The number of allylic oxidation sites excluding steroid dienone is 4. The van der Waals surface area contributed by atoms with Crippen LogP contribution in [0.5, 0.6) is 0 Å². The maximum absolute atomic E-state index is 2.57. The fraction of sp³-hybridized carbons (Fsp3) is 0.0980. The number of hydrogen-bond acceptors (Lipinski definition) is 0. The summed E-state index contributed by atoms with van der Waals surface area (Å²) in [5, 5.41) is 0. The van der Waals surface area contributed by atoms with E-state index < -0.39 is 0 Å². The van der Waals surface area contributed by atoms with Gasteiger partial charge in [0.1, 0.15) is 0 Å². The Hall–Kier alpha value is -5.98. The van der Waals surface area contributed by atoms with Crippen LogP contribution in [0.25, 0.3) is 39.0 Å². The monoisotopic (exact) mass is 650 g/mol. The Bertz CT molecular complexity index is 2500. The lowest BCUT2D eigenvalue weighted by molar-refractivity contribution is 0.769. The van der Waals surface area contributed by atoms with Crippen molar-refractivity contribution in [1.82, 2.24) is 0 Å². The van der Waals surface area contributed by atoms with Gasteiger partial charge in [0, 0.05) is 5.92 Å². The molecule has 3 aliphatic rings. The molecule has 10 rings (SSSR count). The SMILES string of the molecule is C1=CC2=C(CC1)c1ccccc1C21c2ccccc2-c2ccc(CC(c3cccc(-c4ccccc4)c3)c3ccccc3-c3ccccc3)cc21. The smallest absolute Gasteiger partial charge is 0.0722 e. The molecule has 0 nitrogen and oxygen atoms in total. The lowest BCUT2D eigenvalue weighted by atomic mass is 9.68. The molecule has 0 aromatic heterocycles. The number of hydrogen-bond donors (Lipinski definition) is 0. The van der Waals surface area contributed by atoms with Crippen molar-refractivity contribution in [3.05, 3.63) is 233 Å². The van der Waals surface area contributed by atoms with E-state index in [9.17, 15) is 0 Å². The van der Waals surface area contributed by atoms with Crippen LogP contribution in [0.15, 0.2) is 194 Å². The highest BCUT2D eigenvalue weighted by Crippen LogP contribution is 2.63. The zero-order valence-electron chi connectivity index (χ0n) is 28.6. The molecule has 0 heterocycles. The van der Waals surface area contributed by atoms with Crippen molar-refractivity contribution in [1.29, 1.82) is 0 Å². The summed E-state index contributed by atoms with van der Waals surface area (Å²) in [6.07, 6.45) is 7.93. The summed E-state index contributed by atoms with van der Waals surface area (Å²) in [6.45, 7) is 0. The number of fused-ring (bicyclic) bond motifs is 9. The van der Waals surface area contributed by atoms with Crippen molar-refractivity contribution in [2.24, 2.45) is 0 Å². The maximum atomic E-state index is 2.57. The quantitative estimate of drug-likeness (QED) is 0.168. The Kier molecular flexibility index (Phi) is 7.10. The second kappa shape index (κ2) is 12.1. The molecule has 0 saturated heterocycles. The van der Waals surface area contributed by atoms with Crippen LogP contribution in [0.2, 0.25) is 0 Å². The van der Waals surface area contributed by atoms with Crippen LogP contribution in [0.1, 0.15) is 57.7 Å². The molecule has 242 valence electrons. The third-order valence-electron chi connectivity index (χ3n) is 11.6. The average Bonchev–Trinajstić information content (AvgIpc) is 3.68. The molecule has 2 atom stereocenters. The largest absolute Gasteiger partial charge is 0.0839 e. The van der Waals surface area contributed by atoms with Gasteiger partial charge in [-0.15, -0.1) is 0 Å². The molecule has 0 N–H and O–H groups in total. The highest BCUT2D eigenvalue weighted by molar-refractivity contribution is 5.96. The van der Waals surface area contributed by atoms with E-state index in [1.807, 2.05) is 0 Å². The fourth-order valence-electron chi connectivity index (χ4n) is 9.44. The van der Waals surface area contributed by atoms with E-state index in [2.05, 4.69) is 188 Å². The summed E-state index contributed by atoms with van der Waals surface area (Å²) in [4.78, 5) is 0. The van der Waals surface area contributed by atoms with Gasteiger partial charge in [0.25, 0.3) is 0 Å². The molecule has 0 heteroatoms. The molecule has 0 fully saturated rings. The van der Waals surface area contributed by atoms with Crippen molar-refractivity contribution in [2.45, 2.75) is 30.6 Å². The van der Waals surface area contributed by atoms with Gasteiger partial charge in [-0.05, 0) is 103 Å². The van der Waals surface area contributed by atoms with Crippen LogP contribution in [0.3, 0.4) is 0 Å². The molecule has 3 aliphatic carbocycles. The molecular weight excluding hydrogens is 613 g/mol. The molecule has 0 aliphatic heterocycles. The summed E-state index contributed by atoms with van der Waals surface area (Å²) < 4.78 is 0. The van der Waals surface area contributed by atoms with E-state index in [0.717, 1.165) is 19.3 Å². The molecule has 7 aromatic rings. The van der Waals surface area contributed by atoms with Gasteiger partial charge in [-0.1, -0.05) is 188 Å². The Morgan fingerprint density at radius 2 is 1.10 bits per heavy atom. The molecule has 0 bridgehead atoms. The average molecular weight is 651 g/mol. The number of rotatable bonds is 6. The van der Waals surface area contributed by atoms with Crippen molar-refractivity contribution in [3.8, 4) is 33.4 Å². The van der Waals surface area contributed by atoms with E-state index in [-0.39, 0.29) is 11.3 Å². The minimum absolute atomic E-state index is 0.156. The molecule has 2 unspecified atom stereocenters. The highest BCUT2D eigenvalue weighted by atomic mass is 14.5. The second-order valence-electron chi connectivity index (χ2n) is 14.3. The first kappa shape index (κ1) is 29.9. The number of benzene rings is 7. The molecule has 1 spiro atoms. The van der Waals surface area contributed by atoms with Crippen molar-refractivity contribution in [2.75, 3.05) is 0 Å². The van der Waals surface area contributed by atoms with Crippen molar-refractivity contribution in [3.63, 3.8) is 0 Å². The summed E-state index contributed by atoms with van der Waals surface area (Å²) >= 11 is 0. The predicted octanol–water partition coefficient (Wildman–Crippen LogP) is 12.8. The normalized spacial score (nSPS) is 17.2. The molecular formula is C51H38. The standard InChI is InChI=1S/C51H38/c1-3-16-36(17-4-1)38-20-15-21-39(34-38)46(41-23-8-7-22-40(41)37-18-5-2-6-19-37)32-35-30-31-45-44-26-11-14-29-49(44)51(50(45)33-35)47-27-12-9-24-42(47)43-25-10-13-28-48(43)51/h1-9,11-24,26-31,33-34,46H,10,25,32H2. The van der Waals surface area contributed by atoms with Crippen LogP contribution >= 0.6 is 0 Å². The zero-order valence-corrected chi connectivity index (χ0v) is 28.6. The third-order valence-corrected chi connectivity index (χ3v) is 11.6. The van der Waals surface area contributed by atoms with Gasteiger partial charge >= 0.3 is 0 Å². The van der Waals surface area contributed by atoms with Crippen LogP contribution in [-0.2, 0) is 11.8 Å². The topological polar surface area (TPSA) is 0 Å². The molecule has 7 aromatic carbocycles. The van der Waals surface area contributed by atoms with Crippen LogP contribution in [0.4, 0.5) is 0 Å². The van der Waals surface area contributed by atoms with E-state index >= 15 is 0 Å². The van der Waals surface area contributed by atoms with E-state index in [4.69, 9.17) is 0 Å². The second-order valence-corrected chi connectivity index (χ2v) is 14.3. The first-order valence-electron chi connectivity index (χ1n) is 18.3. The van der Waals surface area contributed by atoms with Crippen molar-refractivity contribution >= 4 is 5.57 Å². The zero-order chi connectivity index (χ0) is 33.8. The molecule has 51 heavy (non-hydrogen) atoms. The first-order chi connectivity index (χ1) is 25.3. The Balaban J connectivity index is 1.17. The van der Waals surface area contributed by atoms with Crippen LogP contribution < -0.4 is 0 Å². The summed E-state index contributed by atoms with van der Waals surface area (Å²) in [7, 11) is 0. The first-order valence-corrected chi connectivity index (χ1v) is 18.3.